The maximum Gasteiger partial charge on any atom is 0.319 e. The number of piperazine rings is 1. The van der Waals surface area contributed by atoms with Gasteiger partial charge in [0.1, 0.15) is 22.8 Å². The molecule has 3 aromatic rings. The van der Waals surface area contributed by atoms with Crippen molar-refractivity contribution >= 4 is 28.3 Å². The smallest absolute Gasteiger partial charge is 0.319 e. The molecule has 3 saturated heterocycles. The number of ether oxygens (including phenoxy) is 1. The molecule has 1 aromatic carbocycles. The Morgan fingerprint density at radius 1 is 1.05 bits per heavy atom. The molecule has 8 rings (SSSR count). The maximum absolute atomic E-state index is 16.6. The first-order chi connectivity index (χ1) is 20.4. The summed E-state index contributed by atoms with van der Waals surface area (Å²) in [5, 5.41) is 15.1. The van der Waals surface area contributed by atoms with E-state index in [1.807, 2.05) is 0 Å². The molecule has 3 aliphatic heterocycles. The third-order valence-electron chi connectivity index (χ3n) is 9.99. The first-order valence-electron chi connectivity index (χ1n) is 15.7. The fourth-order valence-corrected chi connectivity index (χ4v) is 7.77. The summed E-state index contributed by atoms with van der Waals surface area (Å²) in [4.78, 5) is 19.0. The van der Waals surface area contributed by atoms with Crippen molar-refractivity contribution in [1.29, 1.82) is 0 Å². The number of anilines is 1. The Hall–Kier alpha value is -2.75. The quantitative estimate of drug-likeness (QED) is 0.347. The minimum Gasteiger partial charge on any atom is -0.508 e. The van der Waals surface area contributed by atoms with Crippen molar-refractivity contribution in [3.8, 4) is 23.0 Å². The predicted molar refractivity (Wildman–Crippen MR) is 161 cm³/mol. The minimum absolute atomic E-state index is 0.00664. The van der Waals surface area contributed by atoms with Crippen LogP contribution in [0.3, 0.4) is 0 Å². The Kier molecular flexibility index (Phi) is 6.68. The second kappa shape index (κ2) is 10.5. The van der Waals surface area contributed by atoms with Crippen LogP contribution in [0.15, 0.2) is 18.3 Å². The molecule has 2 aromatic heterocycles. The Balaban J connectivity index is 1.17. The lowest BCUT2D eigenvalue weighted by molar-refractivity contribution is 0.139. The largest absolute Gasteiger partial charge is 0.508 e. The number of aromatic hydroxyl groups is 1. The Morgan fingerprint density at radius 3 is 2.52 bits per heavy atom. The van der Waals surface area contributed by atoms with E-state index in [-0.39, 0.29) is 34.3 Å². The SMILES string of the molecule is Oc1cc(Cl)c(C2CC2)c(-c2ncc3c(N4C[C@H]5CC[C@@H](C4)N5)nc(OCC4(CN5CCCCC5)CC4)nc3c2F)c1. The van der Waals surface area contributed by atoms with Gasteiger partial charge in [0.2, 0.25) is 0 Å². The van der Waals surface area contributed by atoms with Gasteiger partial charge in [-0.05, 0) is 88.1 Å². The van der Waals surface area contributed by atoms with Crippen LogP contribution < -0.4 is 15.0 Å². The molecule has 0 amide bonds. The van der Waals surface area contributed by atoms with Crippen molar-refractivity contribution in [2.45, 2.75) is 75.8 Å². The third kappa shape index (κ3) is 5.07. The number of rotatable bonds is 8. The molecule has 2 saturated carbocycles. The van der Waals surface area contributed by atoms with Gasteiger partial charge in [0.25, 0.3) is 0 Å². The van der Waals surface area contributed by atoms with Crippen molar-refractivity contribution in [3.63, 3.8) is 0 Å². The van der Waals surface area contributed by atoms with E-state index in [1.165, 1.54) is 25.3 Å². The van der Waals surface area contributed by atoms with Crippen molar-refractivity contribution in [1.82, 2.24) is 25.2 Å². The number of aromatic nitrogens is 3. The van der Waals surface area contributed by atoms with Gasteiger partial charge in [-0.25, -0.2) is 4.39 Å². The van der Waals surface area contributed by atoms with Gasteiger partial charge < -0.3 is 25.0 Å². The normalized spacial score (nSPS) is 25.2. The van der Waals surface area contributed by atoms with Gasteiger partial charge in [-0.3, -0.25) is 4.98 Å². The van der Waals surface area contributed by atoms with E-state index in [1.54, 1.807) is 12.3 Å². The molecule has 8 nitrogen and oxygen atoms in total. The average molecular weight is 593 g/mol. The van der Waals surface area contributed by atoms with Crippen LogP contribution in [-0.2, 0) is 0 Å². The number of likely N-dealkylation sites (tertiary alicyclic amines) is 1. The molecule has 2 bridgehead atoms. The van der Waals surface area contributed by atoms with Gasteiger partial charge in [0.15, 0.2) is 5.82 Å². The zero-order valence-electron chi connectivity index (χ0n) is 23.9. The molecule has 0 unspecified atom stereocenters. The summed E-state index contributed by atoms with van der Waals surface area (Å²) in [7, 11) is 0. The summed E-state index contributed by atoms with van der Waals surface area (Å²) in [5.41, 5.74) is 1.86. The molecular formula is C32H38ClFN6O2. The highest BCUT2D eigenvalue weighted by atomic mass is 35.5. The predicted octanol–water partition coefficient (Wildman–Crippen LogP) is 5.65. The lowest BCUT2D eigenvalue weighted by atomic mass is 9.98. The monoisotopic (exact) mass is 592 g/mol. The van der Waals surface area contributed by atoms with E-state index >= 15 is 4.39 Å². The Bertz CT molecular complexity index is 1510. The van der Waals surface area contributed by atoms with Crippen molar-refractivity contribution in [3.05, 3.63) is 34.7 Å². The fraction of sp³-hybridized carbons (Fsp3) is 0.594. The van der Waals surface area contributed by atoms with Gasteiger partial charge in [-0.2, -0.15) is 9.97 Å². The molecule has 0 radical (unpaired) electrons. The van der Waals surface area contributed by atoms with Gasteiger partial charge in [0.05, 0.1) is 12.0 Å². The number of nitrogens with one attached hydrogen (secondary N) is 1. The van der Waals surface area contributed by atoms with Crippen LogP contribution in [0.5, 0.6) is 11.8 Å². The Morgan fingerprint density at radius 2 is 1.81 bits per heavy atom. The van der Waals surface area contributed by atoms with Crippen molar-refractivity contribution in [2.24, 2.45) is 5.41 Å². The number of phenols is 1. The van der Waals surface area contributed by atoms with Gasteiger partial charge >= 0.3 is 6.01 Å². The lowest BCUT2D eigenvalue weighted by Gasteiger charge is -2.34. The molecule has 2 atom stereocenters. The molecule has 5 fully saturated rings. The van der Waals surface area contributed by atoms with E-state index in [2.05, 4.69) is 25.1 Å². The highest BCUT2D eigenvalue weighted by Crippen LogP contribution is 2.50. The second-order valence-corrected chi connectivity index (χ2v) is 13.8. The number of hydrogen-bond acceptors (Lipinski definition) is 8. The highest BCUT2D eigenvalue weighted by Gasteiger charge is 2.45. The van der Waals surface area contributed by atoms with Gasteiger partial charge in [-0.15, -0.1) is 0 Å². The Labute approximate surface area is 250 Å². The number of hydrogen-bond donors (Lipinski definition) is 2. The minimum atomic E-state index is -0.530. The molecular weight excluding hydrogens is 555 g/mol. The molecule has 5 heterocycles. The van der Waals surface area contributed by atoms with Crippen LogP contribution in [0, 0.1) is 11.2 Å². The van der Waals surface area contributed by atoms with Crippen LogP contribution in [0.2, 0.25) is 5.02 Å². The number of halogens is 2. The van der Waals surface area contributed by atoms with Crippen LogP contribution >= 0.6 is 11.6 Å². The summed E-state index contributed by atoms with van der Waals surface area (Å²) >= 11 is 6.56. The first kappa shape index (κ1) is 26.8. The number of pyridine rings is 1. The standard InChI is InChI=1S/C32H38ClFN6O2/c33-25-13-22(41)12-23(26(25)19-4-5-19)28-27(34)29-24(14-35-28)30(40-15-20-6-7-21(16-40)36-20)38-31(37-29)42-18-32(8-9-32)17-39-10-2-1-3-11-39/h12-14,19-21,36,41H,1-11,15-18H2/t20-,21+. The second-order valence-electron chi connectivity index (χ2n) is 13.3. The van der Waals surface area contributed by atoms with E-state index in [4.69, 9.17) is 21.3 Å². The van der Waals surface area contributed by atoms with Crippen LogP contribution in [0.25, 0.3) is 22.2 Å². The first-order valence-corrected chi connectivity index (χ1v) is 16.1. The zero-order chi connectivity index (χ0) is 28.4. The molecule has 0 spiro atoms. The molecule has 10 heteroatoms. The maximum atomic E-state index is 16.6. The lowest BCUT2D eigenvalue weighted by Crippen LogP contribution is -2.51. The summed E-state index contributed by atoms with van der Waals surface area (Å²) in [6.45, 7) is 5.50. The summed E-state index contributed by atoms with van der Waals surface area (Å²) in [6, 6.07) is 4.11. The zero-order valence-corrected chi connectivity index (χ0v) is 24.7. The van der Waals surface area contributed by atoms with Gasteiger partial charge in [-0.1, -0.05) is 18.0 Å². The van der Waals surface area contributed by atoms with E-state index in [0.717, 1.165) is 76.8 Å². The number of benzene rings is 1. The summed E-state index contributed by atoms with van der Waals surface area (Å²) in [5.74, 6) is 0.393. The van der Waals surface area contributed by atoms with E-state index < -0.39 is 5.82 Å². The molecule has 2 N–H and O–H groups in total. The van der Waals surface area contributed by atoms with E-state index in [0.29, 0.717) is 40.5 Å². The van der Waals surface area contributed by atoms with Crippen molar-refractivity contribution < 1.29 is 14.2 Å². The van der Waals surface area contributed by atoms with Gasteiger partial charge in [0, 0.05) is 53.9 Å². The number of fused-ring (bicyclic) bond motifs is 3. The molecule has 42 heavy (non-hydrogen) atoms. The van der Waals surface area contributed by atoms with E-state index in [9.17, 15) is 5.11 Å². The highest BCUT2D eigenvalue weighted by molar-refractivity contribution is 6.32. The van der Waals surface area contributed by atoms with Crippen LogP contribution in [0.1, 0.15) is 69.3 Å². The number of piperidine rings is 1. The van der Waals surface area contributed by atoms with Crippen LogP contribution in [-0.4, -0.2) is 76.4 Å². The average Bonchev–Trinajstić information content (AvgIpc) is 3.92. The fourth-order valence-electron chi connectivity index (χ4n) is 7.41. The molecule has 5 aliphatic rings. The molecule has 2 aliphatic carbocycles. The topological polar surface area (TPSA) is 86.6 Å². The number of nitrogens with zero attached hydrogens (tertiary/aromatic N) is 5. The number of phenolic OH excluding ortho intramolecular Hbond substituents is 1. The van der Waals surface area contributed by atoms with Crippen molar-refractivity contribution in [2.75, 3.05) is 44.2 Å². The third-order valence-corrected chi connectivity index (χ3v) is 10.3. The summed E-state index contributed by atoms with van der Waals surface area (Å²) < 4.78 is 23.0. The van der Waals surface area contributed by atoms with Crippen LogP contribution in [0.4, 0.5) is 10.2 Å². The molecule has 222 valence electrons. The summed E-state index contributed by atoms with van der Waals surface area (Å²) in [6.07, 6.45) is 12.0.